The number of unbranched alkanes of at least 4 members (excludes halogenated alkanes) is 4. The lowest BCUT2D eigenvalue weighted by Gasteiger charge is -2.40. The maximum atomic E-state index is 6.16. The summed E-state index contributed by atoms with van der Waals surface area (Å²) in [5.41, 5.74) is 6.96. The predicted octanol–water partition coefficient (Wildman–Crippen LogP) is 4.58. The SMILES string of the molecule is CCCCCCCC(C)(CN)N1CCC(CC)(CC)C1. The minimum atomic E-state index is 0.234. The molecule has 0 aromatic carbocycles. The van der Waals surface area contributed by atoms with Gasteiger partial charge in [-0.05, 0) is 44.6 Å². The van der Waals surface area contributed by atoms with Crippen molar-refractivity contribution >= 4 is 0 Å². The molecule has 0 radical (unpaired) electrons. The summed E-state index contributed by atoms with van der Waals surface area (Å²) >= 11 is 0. The molecule has 1 aliphatic rings. The zero-order chi connectivity index (χ0) is 15.1. The van der Waals surface area contributed by atoms with Gasteiger partial charge in [0.2, 0.25) is 0 Å². The van der Waals surface area contributed by atoms with Crippen molar-refractivity contribution < 1.29 is 0 Å². The summed E-state index contributed by atoms with van der Waals surface area (Å²) in [6.07, 6.45) is 12.1. The van der Waals surface area contributed by atoms with Crippen LogP contribution in [-0.4, -0.2) is 30.1 Å². The van der Waals surface area contributed by atoms with Gasteiger partial charge < -0.3 is 5.73 Å². The van der Waals surface area contributed by atoms with E-state index in [0.717, 1.165) is 6.54 Å². The molecule has 0 aromatic rings. The molecular weight excluding hydrogens is 244 g/mol. The zero-order valence-electron chi connectivity index (χ0n) is 14.5. The summed E-state index contributed by atoms with van der Waals surface area (Å²) < 4.78 is 0. The molecule has 2 heteroatoms. The molecule has 0 aliphatic carbocycles. The van der Waals surface area contributed by atoms with Crippen molar-refractivity contribution in [2.45, 2.75) is 91.0 Å². The molecule has 0 aromatic heterocycles. The lowest BCUT2D eigenvalue weighted by molar-refractivity contribution is 0.107. The summed E-state index contributed by atoms with van der Waals surface area (Å²) in [5, 5.41) is 0. The van der Waals surface area contributed by atoms with Gasteiger partial charge in [0.1, 0.15) is 0 Å². The molecule has 0 amide bonds. The van der Waals surface area contributed by atoms with Gasteiger partial charge in [0.05, 0.1) is 0 Å². The average Bonchev–Trinajstić information content (AvgIpc) is 2.92. The van der Waals surface area contributed by atoms with Crippen LogP contribution < -0.4 is 5.73 Å². The summed E-state index contributed by atoms with van der Waals surface area (Å²) in [5.74, 6) is 0. The zero-order valence-corrected chi connectivity index (χ0v) is 14.5. The Balaban J connectivity index is 2.48. The molecule has 0 saturated carbocycles. The van der Waals surface area contributed by atoms with Crippen LogP contribution in [0.4, 0.5) is 0 Å². The number of nitrogens with two attached hydrogens (primary N) is 1. The second-order valence-corrected chi connectivity index (χ2v) is 7.24. The second kappa shape index (κ2) is 8.38. The van der Waals surface area contributed by atoms with Gasteiger partial charge in [-0.25, -0.2) is 0 Å². The van der Waals surface area contributed by atoms with Gasteiger partial charge >= 0.3 is 0 Å². The van der Waals surface area contributed by atoms with Crippen molar-refractivity contribution in [3.63, 3.8) is 0 Å². The van der Waals surface area contributed by atoms with Crippen LogP contribution in [0, 0.1) is 5.41 Å². The molecule has 2 N–H and O–H groups in total. The smallest absolute Gasteiger partial charge is 0.0303 e. The van der Waals surface area contributed by atoms with Crippen molar-refractivity contribution in [2.75, 3.05) is 19.6 Å². The first-order valence-electron chi connectivity index (χ1n) is 9.01. The molecule has 0 bridgehead atoms. The van der Waals surface area contributed by atoms with Gasteiger partial charge in [-0.3, -0.25) is 4.90 Å². The van der Waals surface area contributed by atoms with Crippen molar-refractivity contribution in [3.8, 4) is 0 Å². The van der Waals surface area contributed by atoms with Gasteiger partial charge in [-0.2, -0.15) is 0 Å². The highest BCUT2D eigenvalue weighted by atomic mass is 15.2. The number of nitrogens with zero attached hydrogens (tertiary/aromatic N) is 1. The molecule has 1 heterocycles. The van der Waals surface area contributed by atoms with E-state index in [1.165, 1.54) is 70.9 Å². The Kier molecular flexibility index (Phi) is 7.53. The summed E-state index contributed by atoms with van der Waals surface area (Å²) in [4.78, 5) is 2.71. The fourth-order valence-corrected chi connectivity index (χ4v) is 3.72. The number of likely N-dealkylation sites (tertiary alicyclic amines) is 1. The largest absolute Gasteiger partial charge is 0.329 e. The van der Waals surface area contributed by atoms with Crippen LogP contribution in [0.3, 0.4) is 0 Å². The Morgan fingerprint density at radius 1 is 1.05 bits per heavy atom. The van der Waals surface area contributed by atoms with Crippen LogP contribution in [0.5, 0.6) is 0 Å². The third-order valence-corrected chi connectivity index (χ3v) is 5.96. The van der Waals surface area contributed by atoms with Crippen LogP contribution in [0.1, 0.15) is 85.5 Å². The maximum Gasteiger partial charge on any atom is 0.0303 e. The van der Waals surface area contributed by atoms with Crippen LogP contribution in [0.15, 0.2) is 0 Å². The molecule has 1 rings (SSSR count). The molecule has 0 spiro atoms. The molecule has 1 unspecified atom stereocenters. The number of hydrogen-bond donors (Lipinski definition) is 1. The van der Waals surface area contributed by atoms with Crippen molar-refractivity contribution in [1.82, 2.24) is 4.90 Å². The highest BCUT2D eigenvalue weighted by Crippen LogP contribution is 2.40. The predicted molar refractivity (Wildman–Crippen MR) is 90.0 cm³/mol. The Hall–Kier alpha value is -0.0800. The first kappa shape index (κ1) is 18.0. The van der Waals surface area contributed by atoms with Crippen LogP contribution in [-0.2, 0) is 0 Å². The molecule has 1 fully saturated rings. The maximum absolute atomic E-state index is 6.16. The highest BCUT2D eigenvalue weighted by Gasteiger charge is 2.41. The lowest BCUT2D eigenvalue weighted by atomic mass is 9.81. The standard InChI is InChI=1S/C18H38N2/c1-5-8-9-10-11-12-17(4,15-19)20-14-13-18(6-2,7-3)16-20/h5-16,19H2,1-4H3. The van der Waals surface area contributed by atoms with E-state index in [9.17, 15) is 0 Å². The van der Waals surface area contributed by atoms with E-state index in [1.54, 1.807) is 0 Å². The van der Waals surface area contributed by atoms with Crippen LogP contribution >= 0.6 is 0 Å². The summed E-state index contributed by atoms with van der Waals surface area (Å²) in [7, 11) is 0. The normalized spacial score (nSPS) is 22.1. The Labute approximate surface area is 127 Å². The van der Waals surface area contributed by atoms with Gasteiger partial charge in [-0.15, -0.1) is 0 Å². The van der Waals surface area contributed by atoms with E-state index < -0.39 is 0 Å². The second-order valence-electron chi connectivity index (χ2n) is 7.24. The minimum absolute atomic E-state index is 0.234. The number of rotatable bonds is 10. The third kappa shape index (κ3) is 4.46. The molecule has 20 heavy (non-hydrogen) atoms. The van der Waals surface area contributed by atoms with Gasteiger partial charge in [0, 0.05) is 18.6 Å². The van der Waals surface area contributed by atoms with Gasteiger partial charge in [-0.1, -0.05) is 52.9 Å². The molecule has 120 valence electrons. The molecule has 1 saturated heterocycles. The fourth-order valence-electron chi connectivity index (χ4n) is 3.72. The van der Waals surface area contributed by atoms with E-state index in [0.29, 0.717) is 5.41 Å². The Morgan fingerprint density at radius 2 is 1.70 bits per heavy atom. The topological polar surface area (TPSA) is 29.3 Å². The third-order valence-electron chi connectivity index (χ3n) is 5.96. The summed E-state index contributed by atoms with van der Waals surface area (Å²) in [6.45, 7) is 12.7. The Bertz CT molecular complexity index is 260. The van der Waals surface area contributed by atoms with Crippen LogP contribution in [0.25, 0.3) is 0 Å². The van der Waals surface area contributed by atoms with Crippen molar-refractivity contribution in [1.29, 1.82) is 0 Å². The highest BCUT2D eigenvalue weighted by molar-refractivity contribution is 4.97. The first-order valence-corrected chi connectivity index (χ1v) is 9.01. The van der Waals surface area contributed by atoms with E-state index >= 15 is 0 Å². The molecule has 1 aliphatic heterocycles. The fraction of sp³-hybridized carbons (Fsp3) is 1.00. The molecule has 1 atom stereocenters. The van der Waals surface area contributed by atoms with Crippen molar-refractivity contribution in [2.24, 2.45) is 11.1 Å². The van der Waals surface area contributed by atoms with E-state index in [2.05, 4.69) is 32.6 Å². The monoisotopic (exact) mass is 282 g/mol. The molecular formula is C18H38N2. The van der Waals surface area contributed by atoms with Crippen LogP contribution in [0.2, 0.25) is 0 Å². The summed E-state index contributed by atoms with van der Waals surface area (Å²) in [6, 6.07) is 0. The van der Waals surface area contributed by atoms with Crippen molar-refractivity contribution in [3.05, 3.63) is 0 Å². The van der Waals surface area contributed by atoms with Gasteiger partial charge in [0.15, 0.2) is 0 Å². The lowest BCUT2D eigenvalue weighted by Crippen LogP contribution is -2.51. The van der Waals surface area contributed by atoms with E-state index in [-0.39, 0.29) is 5.54 Å². The van der Waals surface area contributed by atoms with E-state index in [4.69, 9.17) is 5.73 Å². The quantitative estimate of drug-likeness (QED) is 0.594. The minimum Gasteiger partial charge on any atom is -0.329 e. The number of hydrogen-bond acceptors (Lipinski definition) is 2. The van der Waals surface area contributed by atoms with Gasteiger partial charge in [0.25, 0.3) is 0 Å². The molecule has 2 nitrogen and oxygen atoms in total. The first-order chi connectivity index (χ1) is 9.55. The van der Waals surface area contributed by atoms with E-state index in [1.807, 2.05) is 0 Å². The Morgan fingerprint density at radius 3 is 2.20 bits per heavy atom. The average molecular weight is 283 g/mol.